The van der Waals surface area contributed by atoms with E-state index in [1.54, 1.807) is 0 Å². The van der Waals surface area contributed by atoms with E-state index in [1.165, 1.54) is 4.90 Å². The molecule has 2 aliphatic rings. The number of nitrogens with zero attached hydrogens (tertiary/aromatic N) is 1. The van der Waals surface area contributed by atoms with Crippen molar-refractivity contribution in [2.45, 2.75) is 5.54 Å². The van der Waals surface area contributed by atoms with Crippen LogP contribution in [0.25, 0.3) is 0 Å². The number of carbonyl (C=O) groups excluding carboxylic acids is 1. The number of ether oxygens (including phenoxy) is 1. The quantitative estimate of drug-likeness (QED) is 0.645. The number of aliphatic carboxylic acids is 1. The Hall–Kier alpha value is -1.01. The molecule has 1 spiro atoms. The van der Waals surface area contributed by atoms with Crippen LogP contribution in [0.4, 0.5) is 4.79 Å². The summed E-state index contributed by atoms with van der Waals surface area (Å²) in [6, 6.07) is 0. The van der Waals surface area contributed by atoms with E-state index in [0.717, 1.165) is 0 Å². The summed E-state index contributed by atoms with van der Waals surface area (Å²) in [5.41, 5.74) is -0.393. The number of carboxylic acids is 1. The van der Waals surface area contributed by atoms with E-state index in [0.29, 0.717) is 19.7 Å². The summed E-state index contributed by atoms with van der Waals surface area (Å²) in [5, 5.41) is 11.6. The van der Waals surface area contributed by atoms with Gasteiger partial charge in [0.05, 0.1) is 0 Å². The third-order valence-corrected chi connectivity index (χ3v) is 2.46. The molecule has 80 valence electrons. The molecule has 2 aliphatic heterocycles. The second-order valence-corrected chi connectivity index (χ2v) is 3.36. The van der Waals surface area contributed by atoms with Gasteiger partial charge >= 0.3 is 12.1 Å². The van der Waals surface area contributed by atoms with Crippen molar-refractivity contribution in [2.24, 2.45) is 0 Å². The van der Waals surface area contributed by atoms with Crippen LogP contribution >= 0.6 is 12.4 Å². The van der Waals surface area contributed by atoms with Gasteiger partial charge in [-0.05, 0) is 0 Å². The maximum Gasteiger partial charge on any atom is 0.411 e. The molecule has 2 heterocycles. The van der Waals surface area contributed by atoms with Crippen molar-refractivity contribution in [1.82, 2.24) is 10.2 Å². The van der Waals surface area contributed by atoms with Crippen LogP contribution in [0.3, 0.4) is 0 Å². The van der Waals surface area contributed by atoms with E-state index in [-0.39, 0.29) is 19.0 Å². The van der Waals surface area contributed by atoms with Gasteiger partial charge in [-0.2, -0.15) is 0 Å². The highest BCUT2D eigenvalue weighted by Gasteiger charge is 2.52. The first kappa shape index (κ1) is 11.1. The standard InChI is InChI=1S/C7H10N2O4.ClH/c10-5(11)1-9-6(12)13-4-7(9)2-8-3-7;/h8H,1-4H2,(H,10,11);1H. The Labute approximate surface area is 86.6 Å². The first-order valence-corrected chi connectivity index (χ1v) is 4.01. The van der Waals surface area contributed by atoms with Gasteiger partial charge in [-0.15, -0.1) is 12.4 Å². The zero-order valence-corrected chi connectivity index (χ0v) is 8.17. The van der Waals surface area contributed by atoms with Crippen molar-refractivity contribution in [3.05, 3.63) is 0 Å². The summed E-state index contributed by atoms with van der Waals surface area (Å²) in [7, 11) is 0. The van der Waals surface area contributed by atoms with E-state index in [1.807, 2.05) is 0 Å². The van der Waals surface area contributed by atoms with Crippen LogP contribution < -0.4 is 5.32 Å². The third kappa shape index (κ3) is 1.51. The van der Waals surface area contributed by atoms with Crippen molar-refractivity contribution in [2.75, 3.05) is 26.2 Å². The van der Waals surface area contributed by atoms with Gasteiger partial charge < -0.3 is 15.2 Å². The zero-order chi connectivity index (χ0) is 9.47. The monoisotopic (exact) mass is 222 g/mol. The first-order chi connectivity index (χ1) is 6.14. The molecule has 0 unspecified atom stereocenters. The highest BCUT2D eigenvalue weighted by molar-refractivity contribution is 5.85. The predicted molar refractivity (Wildman–Crippen MR) is 48.5 cm³/mol. The molecule has 1 amide bonds. The number of amides is 1. The average molecular weight is 223 g/mol. The summed E-state index contributed by atoms with van der Waals surface area (Å²) in [4.78, 5) is 22.9. The summed E-state index contributed by atoms with van der Waals surface area (Å²) in [5.74, 6) is -1.01. The SMILES string of the molecule is Cl.O=C(O)CN1C(=O)OCC12CNC2. The number of halogens is 1. The second kappa shape index (κ2) is 3.62. The molecule has 6 nitrogen and oxygen atoms in total. The van der Waals surface area contributed by atoms with Crippen LogP contribution in [0.1, 0.15) is 0 Å². The minimum absolute atomic E-state index is 0. The number of cyclic esters (lactones) is 1. The van der Waals surface area contributed by atoms with E-state index in [2.05, 4.69) is 5.32 Å². The van der Waals surface area contributed by atoms with Crippen LogP contribution in [-0.4, -0.2) is 53.8 Å². The van der Waals surface area contributed by atoms with Crippen LogP contribution in [0.2, 0.25) is 0 Å². The lowest BCUT2D eigenvalue weighted by Crippen LogP contribution is -2.68. The third-order valence-electron chi connectivity index (χ3n) is 2.46. The molecule has 2 N–H and O–H groups in total. The van der Waals surface area contributed by atoms with E-state index in [4.69, 9.17) is 9.84 Å². The minimum atomic E-state index is -1.01. The molecule has 0 bridgehead atoms. The summed E-state index contributed by atoms with van der Waals surface area (Å²) in [6.45, 7) is 1.25. The fourth-order valence-electron chi connectivity index (χ4n) is 1.62. The summed E-state index contributed by atoms with van der Waals surface area (Å²) < 4.78 is 4.81. The molecule has 0 radical (unpaired) electrons. The molecular weight excluding hydrogens is 212 g/mol. The Kier molecular flexibility index (Phi) is 2.86. The lowest BCUT2D eigenvalue weighted by atomic mass is 9.92. The number of nitrogens with one attached hydrogen (secondary N) is 1. The topological polar surface area (TPSA) is 78.9 Å². The average Bonchev–Trinajstić information content (AvgIpc) is 2.27. The van der Waals surface area contributed by atoms with Gasteiger partial charge in [-0.3, -0.25) is 9.69 Å². The lowest BCUT2D eigenvalue weighted by molar-refractivity contribution is -0.138. The predicted octanol–water partition coefficient (Wildman–Crippen LogP) is -0.713. The van der Waals surface area contributed by atoms with Gasteiger partial charge in [-0.25, -0.2) is 4.79 Å². The maximum absolute atomic E-state index is 11.1. The lowest BCUT2D eigenvalue weighted by Gasteiger charge is -2.42. The highest BCUT2D eigenvalue weighted by atomic mass is 35.5. The molecular formula is C7H11ClN2O4. The number of hydrogen-bond acceptors (Lipinski definition) is 4. The van der Waals surface area contributed by atoms with E-state index in [9.17, 15) is 9.59 Å². The van der Waals surface area contributed by atoms with Crippen molar-refractivity contribution in [1.29, 1.82) is 0 Å². The Bertz CT molecular complexity index is 266. The molecule has 2 rings (SSSR count). The molecule has 0 atom stereocenters. The fraction of sp³-hybridized carbons (Fsp3) is 0.714. The summed E-state index contributed by atoms with van der Waals surface area (Å²) >= 11 is 0. The van der Waals surface area contributed by atoms with Crippen molar-refractivity contribution >= 4 is 24.5 Å². The smallest absolute Gasteiger partial charge is 0.411 e. The number of hydrogen-bond donors (Lipinski definition) is 2. The van der Waals surface area contributed by atoms with Gasteiger partial charge in [-0.1, -0.05) is 0 Å². The molecule has 0 aromatic heterocycles. The van der Waals surface area contributed by atoms with Crippen LogP contribution in [0.15, 0.2) is 0 Å². The van der Waals surface area contributed by atoms with Crippen LogP contribution in [0.5, 0.6) is 0 Å². The zero-order valence-electron chi connectivity index (χ0n) is 7.36. The Morgan fingerprint density at radius 1 is 1.64 bits per heavy atom. The van der Waals surface area contributed by atoms with Gasteiger partial charge in [0.15, 0.2) is 0 Å². The van der Waals surface area contributed by atoms with E-state index < -0.39 is 17.6 Å². The minimum Gasteiger partial charge on any atom is -0.480 e. The number of carbonyl (C=O) groups is 2. The van der Waals surface area contributed by atoms with Crippen molar-refractivity contribution in [3.63, 3.8) is 0 Å². The molecule has 14 heavy (non-hydrogen) atoms. The van der Waals surface area contributed by atoms with Crippen molar-refractivity contribution < 1.29 is 19.4 Å². The number of rotatable bonds is 2. The normalized spacial score (nSPS) is 22.6. The number of carboxylic acid groups (broad SMARTS) is 1. The molecule has 0 aromatic rings. The highest BCUT2D eigenvalue weighted by Crippen LogP contribution is 2.27. The van der Waals surface area contributed by atoms with Gasteiger partial charge in [0, 0.05) is 13.1 Å². The van der Waals surface area contributed by atoms with Crippen LogP contribution in [0, 0.1) is 0 Å². The molecule has 2 saturated heterocycles. The molecule has 0 aromatic carbocycles. The Morgan fingerprint density at radius 2 is 2.29 bits per heavy atom. The Morgan fingerprint density at radius 3 is 2.71 bits per heavy atom. The van der Waals surface area contributed by atoms with E-state index >= 15 is 0 Å². The fourth-order valence-corrected chi connectivity index (χ4v) is 1.62. The molecule has 2 fully saturated rings. The van der Waals surface area contributed by atoms with Gasteiger partial charge in [0.25, 0.3) is 0 Å². The van der Waals surface area contributed by atoms with Crippen molar-refractivity contribution in [3.8, 4) is 0 Å². The molecule has 0 saturated carbocycles. The maximum atomic E-state index is 11.1. The molecule has 7 heteroatoms. The van der Waals surface area contributed by atoms with Gasteiger partial charge in [0.2, 0.25) is 0 Å². The largest absolute Gasteiger partial charge is 0.480 e. The van der Waals surface area contributed by atoms with Gasteiger partial charge in [0.1, 0.15) is 18.7 Å². The second-order valence-electron chi connectivity index (χ2n) is 3.36. The first-order valence-electron chi connectivity index (χ1n) is 4.01. The molecule has 0 aliphatic carbocycles. The Balaban J connectivity index is 0.000000980. The van der Waals surface area contributed by atoms with Crippen LogP contribution in [-0.2, 0) is 9.53 Å². The summed E-state index contributed by atoms with van der Waals surface area (Å²) in [6.07, 6.45) is -0.524.